The summed E-state index contributed by atoms with van der Waals surface area (Å²) in [5.41, 5.74) is -0.144. The zero-order valence-corrected chi connectivity index (χ0v) is 10.6. The molecule has 1 aromatic rings. The summed E-state index contributed by atoms with van der Waals surface area (Å²) in [5.74, 6) is -0.457. The van der Waals surface area contributed by atoms with Crippen LogP contribution in [0, 0.1) is 5.82 Å². The number of nitrogens with zero attached hydrogens (tertiary/aromatic N) is 1. The van der Waals surface area contributed by atoms with Gasteiger partial charge in [-0.3, -0.25) is 4.79 Å². The van der Waals surface area contributed by atoms with Crippen molar-refractivity contribution in [2.75, 3.05) is 11.9 Å². The number of amides is 1. The molecular formula is C12H18FN3O. The van der Waals surface area contributed by atoms with Crippen LogP contribution in [0.25, 0.3) is 0 Å². The average Bonchev–Trinajstić information content (AvgIpc) is 2.18. The minimum Gasteiger partial charge on any atom is -0.370 e. The van der Waals surface area contributed by atoms with Crippen molar-refractivity contribution in [3.05, 3.63) is 23.6 Å². The minimum atomic E-state index is -0.522. The van der Waals surface area contributed by atoms with E-state index in [0.29, 0.717) is 12.4 Å². The molecule has 4 nitrogen and oxygen atoms in total. The maximum Gasteiger partial charge on any atom is 0.255 e. The highest BCUT2D eigenvalue weighted by Crippen LogP contribution is 2.14. The van der Waals surface area contributed by atoms with Crippen LogP contribution in [0.3, 0.4) is 0 Å². The molecule has 1 amide bonds. The number of rotatable bonds is 3. The quantitative estimate of drug-likeness (QED) is 0.850. The van der Waals surface area contributed by atoms with Crippen LogP contribution < -0.4 is 10.6 Å². The third-order valence-electron chi connectivity index (χ3n) is 1.93. The first-order valence-electron chi connectivity index (χ1n) is 5.55. The Morgan fingerprint density at radius 3 is 2.65 bits per heavy atom. The molecule has 0 unspecified atom stereocenters. The number of carbonyl (C=O) groups excluding carboxylic acids is 1. The Hall–Kier alpha value is -1.65. The molecule has 2 N–H and O–H groups in total. The Balaban J connectivity index is 3.02. The van der Waals surface area contributed by atoms with E-state index in [1.165, 1.54) is 6.07 Å². The van der Waals surface area contributed by atoms with Gasteiger partial charge < -0.3 is 10.6 Å². The van der Waals surface area contributed by atoms with Gasteiger partial charge in [0.15, 0.2) is 0 Å². The highest BCUT2D eigenvalue weighted by atomic mass is 19.1. The molecule has 94 valence electrons. The van der Waals surface area contributed by atoms with E-state index >= 15 is 0 Å². The summed E-state index contributed by atoms with van der Waals surface area (Å²) in [5, 5.41) is 5.71. The van der Waals surface area contributed by atoms with E-state index in [9.17, 15) is 9.18 Å². The van der Waals surface area contributed by atoms with Crippen molar-refractivity contribution >= 4 is 11.7 Å². The van der Waals surface area contributed by atoms with Gasteiger partial charge in [-0.25, -0.2) is 9.37 Å². The highest BCUT2D eigenvalue weighted by Gasteiger charge is 2.19. The fraction of sp³-hybridized carbons (Fsp3) is 0.500. The number of anilines is 1. The summed E-state index contributed by atoms with van der Waals surface area (Å²) in [6.45, 7) is 8.10. The molecule has 0 aliphatic rings. The van der Waals surface area contributed by atoms with Crippen molar-refractivity contribution in [3.63, 3.8) is 0 Å². The predicted octanol–water partition coefficient (Wildman–Crippen LogP) is 2.18. The van der Waals surface area contributed by atoms with Crippen molar-refractivity contribution < 1.29 is 9.18 Å². The van der Waals surface area contributed by atoms with E-state index in [1.807, 2.05) is 27.7 Å². The van der Waals surface area contributed by atoms with Crippen LogP contribution in [0.2, 0.25) is 0 Å². The minimum absolute atomic E-state index is 0.224. The maximum atomic E-state index is 13.1. The first kappa shape index (κ1) is 13.4. The molecule has 0 saturated heterocycles. The number of aromatic nitrogens is 1. The number of carbonyl (C=O) groups is 1. The lowest BCUT2D eigenvalue weighted by Crippen LogP contribution is -2.41. The summed E-state index contributed by atoms with van der Waals surface area (Å²) in [6, 6.07) is 1.19. The van der Waals surface area contributed by atoms with Gasteiger partial charge in [-0.05, 0) is 33.8 Å². The number of pyridine rings is 1. The molecule has 1 aromatic heterocycles. The van der Waals surface area contributed by atoms with Gasteiger partial charge in [0.2, 0.25) is 0 Å². The lowest BCUT2D eigenvalue weighted by molar-refractivity contribution is 0.0919. The van der Waals surface area contributed by atoms with Crippen molar-refractivity contribution in [1.29, 1.82) is 0 Å². The first-order chi connectivity index (χ1) is 7.83. The molecule has 0 aliphatic carbocycles. The monoisotopic (exact) mass is 239 g/mol. The standard InChI is InChI=1S/C12H18FN3O/c1-5-14-10-9(6-8(13)7-15-10)11(17)16-12(2,3)4/h6-7H,5H2,1-4H3,(H,14,15)(H,16,17). The molecule has 0 radical (unpaired) electrons. The zero-order valence-electron chi connectivity index (χ0n) is 10.6. The molecule has 0 spiro atoms. The summed E-state index contributed by atoms with van der Waals surface area (Å²) >= 11 is 0. The maximum absolute atomic E-state index is 13.1. The second-order valence-corrected chi connectivity index (χ2v) is 4.78. The lowest BCUT2D eigenvalue weighted by Gasteiger charge is -2.21. The van der Waals surface area contributed by atoms with Gasteiger partial charge in [0.25, 0.3) is 5.91 Å². The number of hydrogen-bond donors (Lipinski definition) is 2. The van der Waals surface area contributed by atoms with Crippen LogP contribution >= 0.6 is 0 Å². The summed E-state index contributed by atoms with van der Waals surface area (Å²) in [6.07, 6.45) is 1.09. The van der Waals surface area contributed by atoms with Crippen LogP contribution in [0.5, 0.6) is 0 Å². The number of halogens is 1. The zero-order chi connectivity index (χ0) is 13.1. The molecule has 1 heterocycles. The number of hydrogen-bond acceptors (Lipinski definition) is 3. The van der Waals surface area contributed by atoms with Gasteiger partial charge in [-0.2, -0.15) is 0 Å². The largest absolute Gasteiger partial charge is 0.370 e. The molecule has 0 fully saturated rings. The topological polar surface area (TPSA) is 54.0 Å². The predicted molar refractivity (Wildman–Crippen MR) is 65.6 cm³/mol. The van der Waals surface area contributed by atoms with Crippen molar-refractivity contribution in [2.24, 2.45) is 0 Å². The molecule has 0 bridgehead atoms. The fourth-order valence-corrected chi connectivity index (χ4v) is 1.33. The van der Waals surface area contributed by atoms with Crippen LogP contribution in [0.1, 0.15) is 38.1 Å². The van der Waals surface area contributed by atoms with E-state index in [1.54, 1.807) is 0 Å². The summed E-state index contributed by atoms with van der Waals surface area (Å²) < 4.78 is 13.1. The molecule has 1 rings (SSSR count). The van der Waals surface area contributed by atoms with Crippen molar-refractivity contribution in [3.8, 4) is 0 Å². The molecular weight excluding hydrogens is 221 g/mol. The summed E-state index contributed by atoms with van der Waals surface area (Å²) in [4.78, 5) is 15.8. The summed E-state index contributed by atoms with van der Waals surface area (Å²) in [7, 11) is 0. The Bertz CT molecular complexity index is 413. The normalized spacial score (nSPS) is 11.1. The highest BCUT2D eigenvalue weighted by molar-refractivity contribution is 5.99. The third kappa shape index (κ3) is 4.01. The lowest BCUT2D eigenvalue weighted by atomic mass is 10.1. The van der Waals surface area contributed by atoms with Crippen LogP contribution in [-0.2, 0) is 0 Å². The molecule has 0 atom stereocenters. The number of nitrogens with one attached hydrogen (secondary N) is 2. The second kappa shape index (κ2) is 5.12. The van der Waals surface area contributed by atoms with Crippen molar-refractivity contribution in [1.82, 2.24) is 10.3 Å². The Morgan fingerprint density at radius 1 is 1.47 bits per heavy atom. The van der Waals surface area contributed by atoms with Gasteiger partial charge in [-0.15, -0.1) is 0 Å². The van der Waals surface area contributed by atoms with E-state index in [0.717, 1.165) is 6.20 Å². The van der Waals surface area contributed by atoms with Gasteiger partial charge in [0, 0.05) is 12.1 Å². The van der Waals surface area contributed by atoms with Crippen molar-refractivity contribution in [2.45, 2.75) is 33.2 Å². The van der Waals surface area contributed by atoms with Gasteiger partial charge >= 0.3 is 0 Å². The Morgan fingerprint density at radius 2 is 2.12 bits per heavy atom. The Labute approximate surface area is 101 Å². The molecule has 5 heteroatoms. The van der Waals surface area contributed by atoms with Gasteiger partial charge in [0.05, 0.1) is 11.8 Å². The van der Waals surface area contributed by atoms with E-state index in [4.69, 9.17) is 0 Å². The van der Waals surface area contributed by atoms with Gasteiger partial charge in [0.1, 0.15) is 11.6 Å². The molecule has 17 heavy (non-hydrogen) atoms. The van der Waals surface area contributed by atoms with Crippen LogP contribution in [0.4, 0.5) is 10.2 Å². The SMILES string of the molecule is CCNc1ncc(F)cc1C(=O)NC(C)(C)C. The smallest absolute Gasteiger partial charge is 0.255 e. The third-order valence-corrected chi connectivity index (χ3v) is 1.93. The first-order valence-corrected chi connectivity index (χ1v) is 5.55. The van der Waals surface area contributed by atoms with E-state index in [-0.39, 0.29) is 17.0 Å². The molecule has 0 aliphatic heterocycles. The molecule has 0 saturated carbocycles. The van der Waals surface area contributed by atoms with E-state index in [2.05, 4.69) is 15.6 Å². The molecule has 0 aromatic carbocycles. The average molecular weight is 239 g/mol. The van der Waals surface area contributed by atoms with Crippen LogP contribution in [-0.4, -0.2) is 23.0 Å². The van der Waals surface area contributed by atoms with Crippen LogP contribution in [0.15, 0.2) is 12.3 Å². The fourth-order valence-electron chi connectivity index (χ4n) is 1.33. The second-order valence-electron chi connectivity index (χ2n) is 4.78. The van der Waals surface area contributed by atoms with Gasteiger partial charge in [-0.1, -0.05) is 0 Å². The van der Waals surface area contributed by atoms with E-state index < -0.39 is 5.82 Å². The Kier molecular flexibility index (Phi) is 4.04.